The fourth-order valence-electron chi connectivity index (χ4n) is 3.24. The molecule has 0 radical (unpaired) electrons. The standard InChI is InChI=1S/C22H34N2O5/c1-9-15(6)19(22(27)29-8)23-20(25)17-11-10-16(12-18(17)28-7)21(26)24(13(2)3)14(4)5/h10-15,19H,9H2,1-8H3,(H,23,25)/t15-,19-/m0/s1. The van der Waals surface area contributed by atoms with Gasteiger partial charge < -0.3 is 19.7 Å². The number of carbonyl (C=O) groups is 3. The van der Waals surface area contributed by atoms with E-state index in [0.717, 1.165) is 0 Å². The zero-order chi connectivity index (χ0) is 22.3. The highest BCUT2D eigenvalue weighted by Gasteiger charge is 2.29. The fourth-order valence-corrected chi connectivity index (χ4v) is 3.24. The molecule has 0 heterocycles. The van der Waals surface area contributed by atoms with Gasteiger partial charge in [0.1, 0.15) is 11.8 Å². The van der Waals surface area contributed by atoms with Crippen molar-refractivity contribution in [1.82, 2.24) is 10.2 Å². The van der Waals surface area contributed by atoms with Crippen molar-refractivity contribution >= 4 is 17.8 Å². The van der Waals surface area contributed by atoms with Crippen molar-refractivity contribution in [3.8, 4) is 5.75 Å². The van der Waals surface area contributed by atoms with Gasteiger partial charge >= 0.3 is 5.97 Å². The van der Waals surface area contributed by atoms with E-state index < -0.39 is 17.9 Å². The van der Waals surface area contributed by atoms with Crippen LogP contribution in [0.3, 0.4) is 0 Å². The van der Waals surface area contributed by atoms with E-state index in [0.29, 0.717) is 12.0 Å². The number of hydrogen-bond donors (Lipinski definition) is 1. The fraction of sp³-hybridized carbons (Fsp3) is 0.591. The predicted molar refractivity (Wildman–Crippen MR) is 112 cm³/mol. The molecule has 7 nitrogen and oxygen atoms in total. The molecular formula is C22H34N2O5. The van der Waals surface area contributed by atoms with Gasteiger partial charge in [-0.15, -0.1) is 0 Å². The third-order valence-corrected chi connectivity index (χ3v) is 4.99. The molecule has 2 atom stereocenters. The molecule has 0 aromatic heterocycles. The summed E-state index contributed by atoms with van der Waals surface area (Å²) in [4.78, 5) is 39.6. The molecule has 1 aromatic carbocycles. The maximum Gasteiger partial charge on any atom is 0.328 e. The van der Waals surface area contributed by atoms with Gasteiger partial charge in [0.05, 0.1) is 19.8 Å². The van der Waals surface area contributed by atoms with Crippen LogP contribution in [0.15, 0.2) is 18.2 Å². The molecule has 0 unspecified atom stereocenters. The molecule has 0 bridgehead atoms. The van der Waals surface area contributed by atoms with Gasteiger partial charge in [0.2, 0.25) is 0 Å². The molecule has 162 valence electrons. The van der Waals surface area contributed by atoms with Gasteiger partial charge in [0, 0.05) is 17.6 Å². The van der Waals surface area contributed by atoms with Crippen molar-refractivity contribution < 1.29 is 23.9 Å². The van der Waals surface area contributed by atoms with Gasteiger partial charge in [-0.1, -0.05) is 20.3 Å². The van der Waals surface area contributed by atoms with Crippen molar-refractivity contribution in [2.75, 3.05) is 14.2 Å². The molecular weight excluding hydrogens is 372 g/mol. The summed E-state index contributed by atoms with van der Waals surface area (Å²) in [7, 11) is 2.73. The number of esters is 1. The lowest BCUT2D eigenvalue weighted by molar-refractivity contribution is -0.144. The Balaban J connectivity index is 3.20. The van der Waals surface area contributed by atoms with Gasteiger partial charge in [-0.05, 0) is 51.8 Å². The summed E-state index contributed by atoms with van der Waals surface area (Å²) in [6.45, 7) is 11.6. The Hall–Kier alpha value is -2.57. The highest BCUT2D eigenvalue weighted by Crippen LogP contribution is 2.23. The molecule has 1 aromatic rings. The first-order valence-corrected chi connectivity index (χ1v) is 9.98. The van der Waals surface area contributed by atoms with E-state index in [2.05, 4.69) is 5.32 Å². The molecule has 1 N–H and O–H groups in total. The zero-order valence-electron chi connectivity index (χ0n) is 18.7. The van der Waals surface area contributed by atoms with E-state index in [1.807, 2.05) is 41.5 Å². The topological polar surface area (TPSA) is 84.9 Å². The van der Waals surface area contributed by atoms with Crippen LogP contribution in [-0.2, 0) is 9.53 Å². The number of nitrogens with one attached hydrogen (secondary N) is 1. The molecule has 29 heavy (non-hydrogen) atoms. The van der Waals surface area contributed by atoms with Gasteiger partial charge in [0.15, 0.2) is 0 Å². The summed E-state index contributed by atoms with van der Waals surface area (Å²) >= 11 is 0. The number of carbonyl (C=O) groups excluding carboxylic acids is 3. The molecule has 0 aliphatic carbocycles. The second kappa shape index (κ2) is 10.8. The van der Waals surface area contributed by atoms with Crippen molar-refractivity contribution in [2.24, 2.45) is 5.92 Å². The number of nitrogens with zero attached hydrogens (tertiary/aromatic N) is 1. The van der Waals surface area contributed by atoms with Crippen molar-refractivity contribution in [3.63, 3.8) is 0 Å². The molecule has 0 saturated heterocycles. The van der Waals surface area contributed by atoms with Crippen LogP contribution >= 0.6 is 0 Å². The summed E-state index contributed by atoms with van der Waals surface area (Å²) < 4.78 is 10.2. The average molecular weight is 407 g/mol. The predicted octanol–water partition coefficient (Wildman–Crippen LogP) is 3.27. The second-order valence-electron chi connectivity index (χ2n) is 7.67. The Morgan fingerprint density at radius 3 is 2.07 bits per heavy atom. The summed E-state index contributed by atoms with van der Waals surface area (Å²) in [6.07, 6.45) is 0.699. The number of methoxy groups -OCH3 is 2. The Labute approximate surface area is 173 Å². The highest BCUT2D eigenvalue weighted by molar-refractivity contribution is 6.01. The number of amides is 2. The molecule has 1 rings (SSSR count). The molecule has 0 spiro atoms. The largest absolute Gasteiger partial charge is 0.496 e. The molecule has 0 fully saturated rings. The van der Waals surface area contributed by atoms with E-state index in [4.69, 9.17) is 9.47 Å². The summed E-state index contributed by atoms with van der Waals surface area (Å²) in [5.74, 6) is -0.908. The number of rotatable bonds is 9. The van der Waals surface area contributed by atoms with Gasteiger partial charge in [-0.25, -0.2) is 4.79 Å². The lowest BCUT2D eigenvalue weighted by Gasteiger charge is -2.31. The maximum absolute atomic E-state index is 12.9. The minimum Gasteiger partial charge on any atom is -0.496 e. The van der Waals surface area contributed by atoms with E-state index in [9.17, 15) is 14.4 Å². The van der Waals surface area contributed by atoms with Gasteiger partial charge in [0.25, 0.3) is 11.8 Å². The molecule has 0 aliphatic heterocycles. The monoisotopic (exact) mass is 406 g/mol. The van der Waals surface area contributed by atoms with Crippen LogP contribution in [-0.4, -0.2) is 55.0 Å². The van der Waals surface area contributed by atoms with Crippen LogP contribution in [0.2, 0.25) is 0 Å². The van der Waals surface area contributed by atoms with E-state index in [1.54, 1.807) is 23.1 Å². The summed E-state index contributed by atoms with van der Waals surface area (Å²) in [6, 6.07) is 4.02. The van der Waals surface area contributed by atoms with Crippen LogP contribution in [0.25, 0.3) is 0 Å². The van der Waals surface area contributed by atoms with Gasteiger partial charge in [-0.2, -0.15) is 0 Å². The molecule has 7 heteroatoms. The maximum atomic E-state index is 12.9. The smallest absolute Gasteiger partial charge is 0.328 e. The van der Waals surface area contributed by atoms with E-state index in [1.165, 1.54) is 14.2 Å². The Bertz CT molecular complexity index is 722. The van der Waals surface area contributed by atoms with Crippen molar-refractivity contribution in [2.45, 2.75) is 66.1 Å². The second-order valence-corrected chi connectivity index (χ2v) is 7.67. The quantitative estimate of drug-likeness (QED) is 0.636. The SMILES string of the molecule is CC[C@H](C)[C@H](NC(=O)c1ccc(C(=O)N(C(C)C)C(C)C)cc1OC)C(=O)OC. The molecule has 0 saturated carbocycles. The first-order chi connectivity index (χ1) is 13.6. The van der Waals surface area contributed by atoms with E-state index >= 15 is 0 Å². The Kier molecular flexibility index (Phi) is 9.14. The summed E-state index contributed by atoms with van der Waals surface area (Å²) in [5.41, 5.74) is 0.689. The third-order valence-electron chi connectivity index (χ3n) is 4.99. The number of hydrogen-bond acceptors (Lipinski definition) is 5. The van der Waals surface area contributed by atoms with Gasteiger partial charge in [-0.3, -0.25) is 9.59 Å². The molecule has 2 amide bonds. The van der Waals surface area contributed by atoms with Crippen molar-refractivity contribution in [3.05, 3.63) is 29.3 Å². The third kappa shape index (κ3) is 5.95. The molecule has 0 aliphatic rings. The van der Waals surface area contributed by atoms with Crippen LogP contribution in [0.4, 0.5) is 0 Å². The Morgan fingerprint density at radius 1 is 1.03 bits per heavy atom. The first kappa shape index (κ1) is 24.5. The number of benzene rings is 1. The minimum atomic E-state index is -0.763. The average Bonchev–Trinajstić information content (AvgIpc) is 2.69. The lowest BCUT2D eigenvalue weighted by atomic mass is 9.98. The van der Waals surface area contributed by atoms with Crippen molar-refractivity contribution in [1.29, 1.82) is 0 Å². The highest BCUT2D eigenvalue weighted by atomic mass is 16.5. The van der Waals surface area contributed by atoms with Crippen LogP contribution in [0, 0.1) is 5.92 Å². The van der Waals surface area contributed by atoms with Crippen LogP contribution < -0.4 is 10.1 Å². The first-order valence-electron chi connectivity index (χ1n) is 9.98. The zero-order valence-corrected chi connectivity index (χ0v) is 18.7. The normalized spacial score (nSPS) is 13.0. The summed E-state index contributed by atoms with van der Waals surface area (Å²) in [5, 5.41) is 2.73. The lowest BCUT2D eigenvalue weighted by Crippen LogP contribution is -2.45. The van der Waals surface area contributed by atoms with Crippen LogP contribution in [0.1, 0.15) is 68.7 Å². The Morgan fingerprint density at radius 2 is 1.62 bits per heavy atom. The minimum absolute atomic E-state index is 0.0350. The number of ether oxygens (including phenoxy) is 2. The van der Waals surface area contributed by atoms with E-state index in [-0.39, 0.29) is 35.2 Å². The van der Waals surface area contributed by atoms with Crippen LogP contribution in [0.5, 0.6) is 5.75 Å².